The zero-order valence-corrected chi connectivity index (χ0v) is 24.2. The van der Waals surface area contributed by atoms with E-state index < -0.39 is 0 Å². The number of benzene rings is 7. The van der Waals surface area contributed by atoms with Gasteiger partial charge in [0.05, 0.1) is 5.41 Å². The maximum absolute atomic E-state index is 2.57. The number of rotatable bonds is 1. The largest absolute Gasteiger partial charge is 0.0725 e. The fourth-order valence-corrected chi connectivity index (χ4v) is 8.99. The molecule has 200 valence electrons. The Morgan fingerprint density at radius 2 is 0.860 bits per heavy atom. The van der Waals surface area contributed by atoms with Crippen molar-refractivity contribution in [3.8, 4) is 55.6 Å². The first-order valence-electron chi connectivity index (χ1n) is 15.3. The summed E-state index contributed by atoms with van der Waals surface area (Å²) in [5.74, 6) is 0. The SMILES string of the molecule is Cc1cccc(C)c1-c1cccc2c1-c1cccc3c4c(cc-2c13)C1(c2ccccc2-c2ccccc21)c1ccccc1-4. The van der Waals surface area contributed by atoms with E-state index in [0.717, 1.165) is 0 Å². The van der Waals surface area contributed by atoms with E-state index in [0.29, 0.717) is 0 Å². The van der Waals surface area contributed by atoms with Crippen molar-refractivity contribution in [2.45, 2.75) is 19.3 Å². The Morgan fingerprint density at radius 3 is 1.56 bits per heavy atom. The molecule has 3 aliphatic carbocycles. The Hall–Kier alpha value is -5.20. The number of fused-ring (bicyclic) bond motifs is 14. The highest BCUT2D eigenvalue weighted by Crippen LogP contribution is 2.65. The summed E-state index contributed by atoms with van der Waals surface area (Å²) in [6.07, 6.45) is 0. The van der Waals surface area contributed by atoms with Crippen LogP contribution in [-0.2, 0) is 5.41 Å². The van der Waals surface area contributed by atoms with Gasteiger partial charge in [-0.05, 0) is 120 Å². The molecule has 0 heterocycles. The first-order valence-corrected chi connectivity index (χ1v) is 15.3. The lowest BCUT2D eigenvalue weighted by Gasteiger charge is -2.30. The summed E-state index contributed by atoms with van der Waals surface area (Å²) in [6.45, 7) is 4.49. The van der Waals surface area contributed by atoms with Gasteiger partial charge in [-0.3, -0.25) is 0 Å². The minimum absolute atomic E-state index is 0.340. The third-order valence-corrected chi connectivity index (χ3v) is 10.5. The molecule has 1 spiro atoms. The third-order valence-electron chi connectivity index (χ3n) is 10.5. The van der Waals surface area contributed by atoms with Gasteiger partial charge in [0.2, 0.25) is 0 Å². The zero-order valence-electron chi connectivity index (χ0n) is 24.2. The van der Waals surface area contributed by atoms with Crippen LogP contribution in [0.1, 0.15) is 33.4 Å². The summed E-state index contributed by atoms with van der Waals surface area (Å²) in [5, 5.41) is 2.75. The molecule has 3 aliphatic rings. The summed E-state index contributed by atoms with van der Waals surface area (Å²) in [7, 11) is 0. The Labute approximate surface area is 251 Å². The standard InChI is InChI=1S/C43H28/c1-25-12-9-13-26(2)39(25)31-18-10-17-29-34-24-38-42(33-20-11-19-32(40(29)31)41(33)34)30-16-5-8-23-37(30)43(38)35-21-6-3-14-27(35)28-15-4-7-22-36(28)43/h3-24H,1-2H3. The molecule has 0 fully saturated rings. The molecule has 10 rings (SSSR count). The Bertz CT molecular complexity index is 2300. The molecule has 7 aromatic carbocycles. The highest BCUT2D eigenvalue weighted by Gasteiger charge is 2.52. The van der Waals surface area contributed by atoms with E-state index in [-0.39, 0.29) is 5.41 Å². The van der Waals surface area contributed by atoms with Gasteiger partial charge in [-0.15, -0.1) is 0 Å². The van der Waals surface area contributed by atoms with E-state index in [1.54, 1.807) is 0 Å². The molecule has 7 aromatic rings. The maximum atomic E-state index is 2.57. The Morgan fingerprint density at radius 1 is 0.349 bits per heavy atom. The van der Waals surface area contributed by atoms with E-state index in [4.69, 9.17) is 0 Å². The predicted molar refractivity (Wildman–Crippen MR) is 180 cm³/mol. The normalized spacial score (nSPS) is 14.0. The molecular weight excluding hydrogens is 516 g/mol. The first-order chi connectivity index (χ1) is 21.2. The van der Waals surface area contributed by atoms with E-state index in [9.17, 15) is 0 Å². The Kier molecular flexibility index (Phi) is 4.35. The molecule has 0 saturated heterocycles. The van der Waals surface area contributed by atoms with Gasteiger partial charge in [0.15, 0.2) is 0 Å². The van der Waals surface area contributed by atoms with Crippen LogP contribution in [0.15, 0.2) is 133 Å². The molecule has 0 bridgehead atoms. The fraction of sp³-hybridized carbons (Fsp3) is 0.0698. The molecule has 0 atom stereocenters. The summed E-state index contributed by atoms with van der Waals surface area (Å²) in [6, 6.07) is 50.5. The summed E-state index contributed by atoms with van der Waals surface area (Å²) < 4.78 is 0. The van der Waals surface area contributed by atoms with Crippen LogP contribution >= 0.6 is 0 Å². The van der Waals surface area contributed by atoms with Crippen molar-refractivity contribution in [3.05, 3.63) is 167 Å². The van der Waals surface area contributed by atoms with Gasteiger partial charge >= 0.3 is 0 Å². The fourth-order valence-electron chi connectivity index (χ4n) is 8.99. The number of aryl methyl sites for hydroxylation is 2. The molecular formula is C43H28. The lowest BCUT2D eigenvalue weighted by molar-refractivity contribution is 0.795. The second kappa shape index (κ2) is 8.00. The van der Waals surface area contributed by atoms with Crippen molar-refractivity contribution >= 4 is 10.8 Å². The molecule has 43 heavy (non-hydrogen) atoms. The van der Waals surface area contributed by atoms with Gasteiger partial charge in [-0.2, -0.15) is 0 Å². The number of hydrogen-bond donors (Lipinski definition) is 0. The molecule has 0 radical (unpaired) electrons. The van der Waals surface area contributed by atoms with E-state index >= 15 is 0 Å². The van der Waals surface area contributed by atoms with Crippen molar-refractivity contribution in [1.29, 1.82) is 0 Å². The van der Waals surface area contributed by atoms with Crippen LogP contribution in [0, 0.1) is 13.8 Å². The zero-order chi connectivity index (χ0) is 28.4. The monoisotopic (exact) mass is 544 g/mol. The molecule has 0 unspecified atom stereocenters. The quantitative estimate of drug-likeness (QED) is 0.193. The average molecular weight is 545 g/mol. The van der Waals surface area contributed by atoms with Crippen LogP contribution in [0.3, 0.4) is 0 Å². The van der Waals surface area contributed by atoms with E-state index in [1.165, 1.54) is 99.8 Å². The van der Waals surface area contributed by atoms with Gasteiger partial charge in [-0.1, -0.05) is 127 Å². The van der Waals surface area contributed by atoms with Crippen molar-refractivity contribution in [2.24, 2.45) is 0 Å². The van der Waals surface area contributed by atoms with E-state index in [2.05, 4.69) is 147 Å². The molecule has 0 heteroatoms. The highest BCUT2D eigenvalue weighted by atomic mass is 14.5. The van der Waals surface area contributed by atoms with Crippen LogP contribution in [0.2, 0.25) is 0 Å². The smallest absolute Gasteiger partial charge is 0.0619 e. The molecule has 0 aliphatic heterocycles. The lowest BCUT2D eigenvalue weighted by Crippen LogP contribution is -2.25. The Balaban J connectivity index is 1.38. The van der Waals surface area contributed by atoms with Crippen molar-refractivity contribution in [2.75, 3.05) is 0 Å². The highest BCUT2D eigenvalue weighted by molar-refractivity contribution is 6.23. The van der Waals surface area contributed by atoms with Crippen LogP contribution in [0.4, 0.5) is 0 Å². The molecule has 0 nitrogen and oxygen atoms in total. The van der Waals surface area contributed by atoms with Crippen LogP contribution < -0.4 is 0 Å². The van der Waals surface area contributed by atoms with E-state index in [1.807, 2.05) is 0 Å². The van der Waals surface area contributed by atoms with Crippen LogP contribution in [0.5, 0.6) is 0 Å². The van der Waals surface area contributed by atoms with Crippen LogP contribution in [0.25, 0.3) is 66.4 Å². The average Bonchev–Trinajstić information content (AvgIpc) is 3.64. The first kappa shape index (κ1) is 23.4. The van der Waals surface area contributed by atoms with Gasteiger partial charge in [0, 0.05) is 0 Å². The summed E-state index contributed by atoms with van der Waals surface area (Å²) in [5.41, 5.74) is 21.5. The summed E-state index contributed by atoms with van der Waals surface area (Å²) >= 11 is 0. The van der Waals surface area contributed by atoms with Gasteiger partial charge in [0.1, 0.15) is 0 Å². The van der Waals surface area contributed by atoms with Crippen molar-refractivity contribution in [3.63, 3.8) is 0 Å². The predicted octanol–water partition coefficient (Wildman–Crippen LogP) is 11.1. The van der Waals surface area contributed by atoms with Gasteiger partial charge in [-0.25, -0.2) is 0 Å². The second-order valence-electron chi connectivity index (χ2n) is 12.5. The lowest BCUT2D eigenvalue weighted by atomic mass is 9.70. The minimum Gasteiger partial charge on any atom is -0.0619 e. The second-order valence-corrected chi connectivity index (χ2v) is 12.5. The van der Waals surface area contributed by atoms with Gasteiger partial charge < -0.3 is 0 Å². The number of hydrogen-bond acceptors (Lipinski definition) is 0. The third kappa shape index (κ3) is 2.65. The van der Waals surface area contributed by atoms with Crippen molar-refractivity contribution < 1.29 is 0 Å². The molecule has 0 amide bonds. The summed E-state index contributed by atoms with van der Waals surface area (Å²) in [4.78, 5) is 0. The van der Waals surface area contributed by atoms with Crippen LogP contribution in [-0.4, -0.2) is 0 Å². The molecule has 0 N–H and O–H groups in total. The topological polar surface area (TPSA) is 0 Å². The molecule has 0 aromatic heterocycles. The minimum atomic E-state index is -0.340. The van der Waals surface area contributed by atoms with Gasteiger partial charge in [0.25, 0.3) is 0 Å². The molecule has 0 saturated carbocycles. The van der Waals surface area contributed by atoms with Crippen molar-refractivity contribution in [1.82, 2.24) is 0 Å². The maximum Gasteiger partial charge on any atom is 0.0725 e.